The first-order valence-electron chi connectivity index (χ1n) is 5.66. The summed E-state index contributed by atoms with van der Waals surface area (Å²) in [6.45, 7) is 0. The number of benzene rings is 1. The Balaban J connectivity index is 2.60. The van der Waals surface area contributed by atoms with Gasteiger partial charge in [-0.15, -0.1) is 0 Å². The number of aromatic carboxylic acids is 1. The first-order chi connectivity index (χ1) is 9.81. The van der Waals surface area contributed by atoms with Crippen molar-refractivity contribution in [2.24, 2.45) is 7.05 Å². The Morgan fingerprint density at radius 3 is 2.57 bits per heavy atom. The molecule has 5 nitrogen and oxygen atoms in total. The third-order valence-corrected chi connectivity index (χ3v) is 3.85. The van der Waals surface area contributed by atoms with Crippen LogP contribution in [0.5, 0.6) is 0 Å². The van der Waals surface area contributed by atoms with E-state index in [0.29, 0.717) is 4.47 Å². The van der Waals surface area contributed by atoms with E-state index in [4.69, 9.17) is 0 Å². The molecule has 0 bridgehead atoms. The zero-order chi connectivity index (χ0) is 15.7. The molecule has 0 spiro atoms. The number of pyridine rings is 1. The maximum atomic E-state index is 13.8. The summed E-state index contributed by atoms with van der Waals surface area (Å²) in [7, 11) is 1.40. The van der Waals surface area contributed by atoms with Crippen LogP contribution in [0.2, 0.25) is 0 Å². The van der Waals surface area contributed by atoms with Crippen molar-refractivity contribution in [3.63, 3.8) is 0 Å². The maximum Gasteiger partial charge on any atom is 0.339 e. The van der Waals surface area contributed by atoms with E-state index in [1.807, 2.05) is 0 Å². The Bertz CT molecular complexity index is 790. The summed E-state index contributed by atoms with van der Waals surface area (Å²) in [4.78, 5) is 23.2. The summed E-state index contributed by atoms with van der Waals surface area (Å²) in [6.07, 6.45) is 0. The van der Waals surface area contributed by atoms with Gasteiger partial charge in [-0.2, -0.15) is 0 Å². The Hall–Kier alpha value is -1.67. The highest BCUT2D eigenvalue weighted by molar-refractivity contribution is 9.10. The van der Waals surface area contributed by atoms with Crippen molar-refractivity contribution in [1.29, 1.82) is 0 Å². The third-order valence-electron chi connectivity index (χ3n) is 2.79. The smallest absolute Gasteiger partial charge is 0.339 e. The number of rotatable bonds is 3. The zero-order valence-corrected chi connectivity index (χ0v) is 13.8. The molecule has 0 aliphatic rings. The SMILES string of the molecule is Cn1c(Nc2ccc(Br)cc2F)c(C(=O)O)cc(Br)c1=O. The Kier molecular flexibility index (Phi) is 4.48. The fraction of sp³-hybridized carbons (Fsp3) is 0.0769. The second kappa shape index (κ2) is 5.98. The van der Waals surface area contributed by atoms with Crippen molar-refractivity contribution in [2.75, 3.05) is 5.32 Å². The average Bonchev–Trinajstić information content (AvgIpc) is 2.41. The van der Waals surface area contributed by atoms with Gasteiger partial charge in [-0.25, -0.2) is 9.18 Å². The van der Waals surface area contributed by atoms with Crippen LogP contribution < -0.4 is 10.9 Å². The van der Waals surface area contributed by atoms with E-state index in [1.165, 1.54) is 25.2 Å². The molecule has 1 heterocycles. The summed E-state index contributed by atoms with van der Waals surface area (Å²) in [5.74, 6) is -1.81. The van der Waals surface area contributed by atoms with Gasteiger partial charge in [0.1, 0.15) is 17.2 Å². The molecule has 0 atom stereocenters. The molecule has 2 N–H and O–H groups in total. The van der Waals surface area contributed by atoms with Crippen LogP contribution in [0.4, 0.5) is 15.9 Å². The molecule has 0 aliphatic carbocycles. The van der Waals surface area contributed by atoms with Gasteiger partial charge in [0.2, 0.25) is 0 Å². The van der Waals surface area contributed by atoms with E-state index in [0.717, 1.165) is 4.57 Å². The fourth-order valence-electron chi connectivity index (χ4n) is 1.73. The molecule has 0 saturated heterocycles. The molecular weight excluding hydrogens is 411 g/mol. The molecule has 2 aromatic rings. The molecular formula is C13H9Br2FN2O3. The minimum absolute atomic E-state index is 0.00285. The number of carbonyl (C=O) groups is 1. The number of nitrogens with zero attached hydrogens (tertiary/aromatic N) is 1. The van der Waals surface area contributed by atoms with Crippen LogP contribution in [0.3, 0.4) is 0 Å². The molecule has 21 heavy (non-hydrogen) atoms. The highest BCUT2D eigenvalue weighted by Gasteiger charge is 2.18. The highest BCUT2D eigenvalue weighted by atomic mass is 79.9. The maximum absolute atomic E-state index is 13.8. The number of carboxylic acid groups (broad SMARTS) is 1. The van der Waals surface area contributed by atoms with E-state index in [9.17, 15) is 19.1 Å². The third kappa shape index (κ3) is 3.16. The van der Waals surface area contributed by atoms with E-state index in [1.54, 1.807) is 6.07 Å². The lowest BCUT2D eigenvalue weighted by Crippen LogP contribution is -2.23. The zero-order valence-electron chi connectivity index (χ0n) is 10.7. The molecule has 8 heteroatoms. The quantitative estimate of drug-likeness (QED) is 0.798. The minimum atomic E-state index is -1.23. The molecule has 2 rings (SSSR count). The fourth-order valence-corrected chi connectivity index (χ4v) is 2.56. The summed E-state index contributed by atoms with van der Waals surface area (Å²) in [5, 5.41) is 11.9. The molecule has 0 unspecified atom stereocenters. The molecule has 0 radical (unpaired) electrons. The van der Waals surface area contributed by atoms with Gasteiger partial charge in [-0.1, -0.05) is 15.9 Å². The first kappa shape index (κ1) is 15.7. The summed E-state index contributed by atoms with van der Waals surface area (Å²) in [6, 6.07) is 5.46. The van der Waals surface area contributed by atoms with Crippen molar-refractivity contribution in [3.8, 4) is 0 Å². The second-order valence-corrected chi connectivity index (χ2v) is 5.94. The van der Waals surface area contributed by atoms with Gasteiger partial charge in [0.05, 0.1) is 10.2 Å². The minimum Gasteiger partial charge on any atom is -0.478 e. The molecule has 1 aromatic carbocycles. The molecule has 1 aromatic heterocycles. The van der Waals surface area contributed by atoms with Crippen molar-refractivity contribution in [1.82, 2.24) is 4.57 Å². The van der Waals surface area contributed by atoms with Crippen molar-refractivity contribution in [3.05, 3.63) is 54.9 Å². The van der Waals surface area contributed by atoms with Gasteiger partial charge in [0.15, 0.2) is 0 Å². The summed E-state index contributed by atoms with van der Waals surface area (Å²) < 4.78 is 15.6. The van der Waals surface area contributed by atoms with E-state index in [2.05, 4.69) is 37.2 Å². The van der Waals surface area contributed by atoms with Gasteiger partial charge >= 0.3 is 5.97 Å². The van der Waals surface area contributed by atoms with Crippen LogP contribution >= 0.6 is 31.9 Å². The number of carboxylic acids is 1. The van der Waals surface area contributed by atoms with Gasteiger partial charge in [0, 0.05) is 11.5 Å². The Morgan fingerprint density at radius 1 is 1.33 bits per heavy atom. The summed E-state index contributed by atoms with van der Waals surface area (Å²) in [5.41, 5.74) is -0.510. The molecule has 0 aliphatic heterocycles. The standard InChI is InChI=1S/C13H9Br2FN2O3/c1-18-11(7(13(20)21)5-8(15)12(18)19)17-10-3-2-6(14)4-9(10)16/h2-5,17H,1H3,(H,20,21). The lowest BCUT2D eigenvalue weighted by Gasteiger charge is -2.15. The topological polar surface area (TPSA) is 71.3 Å². The van der Waals surface area contributed by atoms with E-state index in [-0.39, 0.29) is 21.5 Å². The monoisotopic (exact) mass is 418 g/mol. The van der Waals surface area contributed by atoms with Crippen LogP contribution in [0.1, 0.15) is 10.4 Å². The van der Waals surface area contributed by atoms with Crippen molar-refractivity contribution < 1.29 is 14.3 Å². The predicted molar refractivity (Wildman–Crippen MR) is 83.7 cm³/mol. The van der Waals surface area contributed by atoms with Gasteiger partial charge in [0.25, 0.3) is 5.56 Å². The molecule has 0 saturated carbocycles. The van der Waals surface area contributed by atoms with Crippen LogP contribution in [0, 0.1) is 5.82 Å². The van der Waals surface area contributed by atoms with Gasteiger partial charge in [-0.3, -0.25) is 9.36 Å². The van der Waals surface area contributed by atoms with Crippen LogP contribution in [0.15, 0.2) is 38.0 Å². The number of hydrogen-bond donors (Lipinski definition) is 2. The Morgan fingerprint density at radius 2 is 2.00 bits per heavy atom. The van der Waals surface area contributed by atoms with Crippen LogP contribution in [-0.2, 0) is 7.05 Å². The van der Waals surface area contributed by atoms with E-state index >= 15 is 0 Å². The summed E-state index contributed by atoms with van der Waals surface area (Å²) >= 11 is 6.14. The highest BCUT2D eigenvalue weighted by Crippen LogP contribution is 2.25. The molecule has 0 fully saturated rings. The lowest BCUT2D eigenvalue weighted by molar-refractivity contribution is 0.0697. The lowest BCUT2D eigenvalue weighted by atomic mass is 10.2. The average molecular weight is 420 g/mol. The van der Waals surface area contributed by atoms with Crippen LogP contribution in [0.25, 0.3) is 0 Å². The largest absolute Gasteiger partial charge is 0.478 e. The number of aromatic nitrogens is 1. The number of anilines is 2. The van der Waals surface area contributed by atoms with Crippen LogP contribution in [-0.4, -0.2) is 15.6 Å². The van der Waals surface area contributed by atoms with Gasteiger partial charge < -0.3 is 10.4 Å². The van der Waals surface area contributed by atoms with Gasteiger partial charge in [-0.05, 0) is 40.2 Å². The Labute approximate surface area is 135 Å². The van der Waals surface area contributed by atoms with Crippen molar-refractivity contribution >= 4 is 49.3 Å². The number of hydrogen-bond acceptors (Lipinski definition) is 3. The van der Waals surface area contributed by atoms with Crippen molar-refractivity contribution in [2.45, 2.75) is 0 Å². The first-order valence-corrected chi connectivity index (χ1v) is 7.24. The number of halogens is 3. The predicted octanol–water partition coefficient (Wildman–Crippen LogP) is 3.49. The second-order valence-electron chi connectivity index (χ2n) is 4.17. The molecule has 0 amide bonds. The number of nitrogens with one attached hydrogen (secondary N) is 1. The normalized spacial score (nSPS) is 10.5. The van der Waals surface area contributed by atoms with E-state index < -0.39 is 17.3 Å². The molecule has 110 valence electrons.